The van der Waals surface area contributed by atoms with E-state index in [1.807, 2.05) is 6.92 Å². The van der Waals surface area contributed by atoms with Crippen molar-refractivity contribution in [3.05, 3.63) is 0 Å². The number of rotatable bonds is 2. The molecule has 0 spiro atoms. The Morgan fingerprint density at radius 1 is 1.18 bits per heavy atom. The largest absolute Gasteiger partial charge is 0.480 e. The summed E-state index contributed by atoms with van der Waals surface area (Å²) in [6.07, 6.45) is 6.46. The van der Waals surface area contributed by atoms with Gasteiger partial charge < -0.3 is 10.0 Å². The highest BCUT2D eigenvalue weighted by Crippen LogP contribution is 2.40. The Hall–Kier alpha value is -1.06. The lowest BCUT2D eigenvalue weighted by Gasteiger charge is -2.38. The lowest BCUT2D eigenvalue weighted by molar-refractivity contribution is -0.156. The molecule has 1 atom stereocenters. The van der Waals surface area contributed by atoms with Crippen molar-refractivity contribution >= 4 is 11.9 Å². The maximum absolute atomic E-state index is 12.5. The smallest absolute Gasteiger partial charge is 0.326 e. The Morgan fingerprint density at radius 3 is 2.41 bits per heavy atom. The van der Waals surface area contributed by atoms with Crippen LogP contribution in [0, 0.1) is 5.41 Å². The number of amides is 1. The molecule has 1 saturated heterocycles. The zero-order valence-corrected chi connectivity index (χ0v) is 10.4. The van der Waals surface area contributed by atoms with Crippen LogP contribution in [0.3, 0.4) is 0 Å². The number of nitrogens with zero attached hydrogens (tertiary/aromatic N) is 1. The lowest BCUT2D eigenvalue weighted by atomic mass is 9.85. The second kappa shape index (κ2) is 4.67. The summed E-state index contributed by atoms with van der Waals surface area (Å²) in [4.78, 5) is 25.3. The van der Waals surface area contributed by atoms with Crippen LogP contribution in [0.5, 0.6) is 0 Å². The Labute approximate surface area is 102 Å². The van der Waals surface area contributed by atoms with Crippen molar-refractivity contribution in [3.63, 3.8) is 0 Å². The first-order chi connectivity index (χ1) is 8.04. The van der Waals surface area contributed by atoms with Crippen molar-refractivity contribution in [1.29, 1.82) is 0 Å². The average molecular weight is 239 g/mol. The van der Waals surface area contributed by atoms with Gasteiger partial charge in [-0.25, -0.2) is 4.79 Å². The molecule has 4 heteroatoms. The Morgan fingerprint density at radius 2 is 1.82 bits per heavy atom. The number of carboxylic acids is 1. The molecule has 0 unspecified atom stereocenters. The van der Waals surface area contributed by atoms with E-state index in [0.717, 1.165) is 38.5 Å². The zero-order valence-electron chi connectivity index (χ0n) is 10.4. The van der Waals surface area contributed by atoms with Crippen LogP contribution >= 0.6 is 0 Å². The molecule has 96 valence electrons. The summed E-state index contributed by atoms with van der Waals surface area (Å²) < 4.78 is 0. The van der Waals surface area contributed by atoms with Crippen molar-refractivity contribution in [1.82, 2.24) is 4.90 Å². The summed E-state index contributed by atoms with van der Waals surface area (Å²) in [5, 5.41) is 9.19. The first-order valence-corrected chi connectivity index (χ1v) is 6.58. The van der Waals surface area contributed by atoms with Crippen LogP contribution in [0.25, 0.3) is 0 Å². The van der Waals surface area contributed by atoms with Gasteiger partial charge in [0.2, 0.25) is 5.91 Å². The number of hydrogen-bond acceptors (Lipinski definition) is 2. The Bertz CT molecular complexity index is 321. The summed E-state index contributed by atoms with van der Waals surface area (Å²) in [6, 6.07) is -0.589. The lowest BCUT2D eigenvalue weighted by Crippen LogP contribution is -2.52. The van der Waals surface area contributed by atoms with E-state index in [-0.39, 0.29) is 11.3 Å². The van der Waals surface area contributed by atoms with Gasteiger partial charge in [-0.05, 0) is 32.1 Å². The van der Waals surface area contributed by atoms with Gasteiger partial charge in [-0.3, -0.25) is 4.79 Å². The van der Waals surface area contributed by atoms with Gasteiger partial charge in [-0.2, -0.15) is 0 Å². The van der Waals surface area contributed by atoms with E-state index in [9.17, 15) is 14.7 Å². The van der Waals surface area contributed by atoms with Crippen LogP contribution in [0.15, 0.2) is 0 Å². The van der Waals surface area contributed by atoms with Crippen LogP contribution in [-0.4, -0.2) is 34.5 Å². The van der Waals surface area contributed by atoms with E-state index in [0.29, 0.717) is 13.0 Å². The molecule has 4 nitrogen and oxygen atoms in total. The van der Waals surface area contributed by atoms with E-state index in [2.05, 4.69) is 0 Å². The summed E-state index contributed by atoms with van der Waals surface area (Å²) >= 11 is 0. The van der Waals surface area contributed by atoms with Crippen molar-refractivity contribution in [2.75, 3.05) is 6.54 Å². The van der Waals surface area contributed by atoms with Gasteiger partial charge >= 0.3 is 5.97 Å². The standard InChI is InChI=1S/C13H21NO3/c1-13(7-3-4-8-13)12(17)14-9-5-2-6-10(14)11(15)16/h10H,2-9H2,1H3,(H,15,16)/t10-/m0/s1. The monoisotopic (exact) mass is 239 g/mol. The minimum atomic E-state index is -0.848. The van der Waals surface area contributed by atoms with Crippen molar-refractivity contribution < 1.29 is 14.7 Å². The van der Waals surface area contributed by atoms with Crippen LogP contribution in [0.1, 0.15) is 51.9 Å². The highest BCUT2D eigenvalue weighted by molar-refractivity contribution is 5.87. The highest BCUT2D eigenvalue weighted by atomic mass is 16.4. The number of carbonyl (C=O) groups is 2. The van der Waals surface area contributed by atoms with Crippen LogP contribution in [0.2, 0.25) is 0 Å². The SMILES string of the molecule is CC1(C(=O)N2CCCC[C@H]2C(=O)O)CCCC1. The van der Waals surface area contributed by atoms with E-state index in [1.54, 1.807) is 4.90 Å². The third kappa shape index (κ3) is 2.31. The fraction of sp³-hybridized carbons (Fsp3) is 0.846. The van der Waals surface area contributed by atoms with Crippen molar-refractivity contribution in [2.45, 2.75) is 57.9 Å². The molecule has 0 aromatic heterocycles. The molecule has 0 bridgehead atoms. The molecule has 2 rings (SSSR count). The third-order valence-electron chi connectivity index (χ3n) is 4.27. The molecule has 2 aliphatic rings. The number of hydrogen-bond donors (Lipinski definition) is 1. The van der Waals surface area contributed by atoms with Gasteiger partial charge in [0.25, 0.3) is 0 Å². The molecular weight excluding hydrogens is 218 g/mol. The minimum absolute atomic E-state index is 0.0714. The molecular formula is C13H21NO3. The molecule has 1 amide bonds. The van der Waals surface area contributed by atoms with E-state index in [1.165, 1.54) is 0 Å². The predicted molar refractivity (Wildman–Crippen MR) is 63.6 cm³/mol. The minimum Gasteiger partial charge on any atom is -0.480 e. The molecule has 1 aliphatic carbocycles. The topological polar surface area (TPSA) is 57.6 Å². The molecule has 1 saturated carbocycles. The molecule has 0 radical (unpaired) electrons. The van der Waals surface area contributed by atoms with E-state index < -0.39 is 12.0 Å². The number of carbonyl (C=O) groups excluding carboxylic acids is 1. The quantitative estimate of drug-likeness (QED) is 0.802. The van der Waals surface area contributed by atoms with E-state index >= 15 is 0 Å². The van der Waals surface area contributed by atoms with Crippen LogP contribution in [0.4, 0.5) is 0 Å². The fourth-order valence-corrected chi connectivity index (χ4v) is 3.15. The number of piperidine rings is 1. The van der Waals surface area contributed by atoms with Crippen LogP contribution < -0.4 is 0 Å². The van der Waals surface area contributed by atoms with Crippen LogP contribution in [-0.2, 0) is 9.59 Å². The number of carboxylic acid groups (broad SMARTS) is 1. The summed E-state index contributed by atoms with van der Waals surface area (Å²) in [7, 11) is 0. The molecule has 2 fully saturated rings. The molecule has 0 aromatic rings. The number of aliphatic carboxylic acids is 1. The normalized spacial score (nSPS) is 28.1. The molecule has 0 aromatic carbocycles. The van der Waals surface area contributed by atoms with Crippen molar-refractivity contribution in [2.24, 2.45) is 5.41 Å². The summed E-state index contributed by atoms with van der Waals surface area (Å²) in [6.45, 7) is 2.61. The second-order valence-electron chi connectivity index (χ2n) is 5.62. The Balaban J connectivity index is 2.13. The average Bonchev–Trinajstić information content (AvgIpc) is 2.76. The van der Waals surface area contributed by atoms with Gasteiger partial charge in [0.1, 0.15) is 6.04 Å². The predicted octanol–water partition coefficient (Wildman–Crippen LogP) is 2.03. The maximum atomic E-state index is 12.5. The summed E-state index contributed by atoms with van der Waals surface area (Å²) in [5.74, 6) is -0.776. The van der Waals surface area contributed by atoms with E-state index in [4.69, 9.17) is 0 Å². The number of likely N-dealkylation sites (tertiary alicyclic amines) is 1. The first kappa shape index (κ1) is 12.4. The highest BCUT2D eigenvalue weighted by Gasteiger charge is 2.43. The van der Waals surface area contributed by atoms with Crippen molar-refractivity contribution in [3.8, 4) is 0 Å². The second-order valence-corrected chi connectivity index (χ2v) is 5.62. The fourth-order valence-electron chi connectivity index (χ4n) is 3.15. The molecule has 1 heterocycles. The molecule has 1 N–H and O–H groups in total. The zero-order chi connectivity index (χ0) is 12.5. The Kier molecular flexibility index (Phi) is 3.40. The van der Waals surface area contributed by atoms with Gasteiger partial charge in [0.05, 0.1) is 0 Å². The summed E-state index contributed by atoms with van der Waals surface area (Å²) in [5.41, 5.74) is -0.301. The van der Waals surface area contributed by atoms with Gasteiger partial charge in [-0.15, -0.1) is 0 Å². The maximum Gasteiger partial charge on any atom is 0.326 e. The molecule has 17 heavy (non-hydrogen) atoms. The third-order valence-corrected chi connectivity index (χ3v) is 4.27. The van der Waals surface area contributed by atoms with Gasteiger partial charge in [-0.1, -0.05) is 19.8 Å². The molecule has 1 aliphatic heterocycles. The van der Waals surface area contributed by atoms with Gasteiger partial charge in [0.15, 0.2) is 0 Å². The first-order valence-electron chi connectivity index (χ1n) is 6.58. The van der Waals surface area contributed by atoms with Gasteiger partial charge in [0, 0.05) is 12.0 Å².